The van der Waals surface area contributed by atoms with Gasteiger partial charge >= 0.3 is 0 Å². The molecule has 90 valence electrons. The zero-order valence-electron chi connectivity index (χ0n) is 10.3. The molecule has 0 aliphatic rings. The normalized spacial score (nSPS) is 13.1. The molecule has 0 saturated heterocycles. The van der Waals surface area contributed by atoms with Crippen molar-refractivity contribution in [2.75, 3.05) is 0 Å². The lowest BCUT2D eigenvalue weighted by Gasteiger charge is -2.18. The van der Waals surface area contributed by atoms with Gasteiger partial charge in [-0.1, -0.05) is 38.8 Å². The number of aliphatic hydroxyl groups excluding tert-OH is 1. The summed E-state index contributed by atoms with van der Waals surface area (Å²) in [6.45, 7) is 5.97. The van der Waals surface area contributed by atoms with Crippen LogP contribution in [0, 0.1) is 18.7 Å². The first kappa shape index (κ1) is 13.2. The second-order valence-corrected chi connectivity index (χ2v) is 4.44. The lowest BCUT2D eigenvalue weighted by Crippen LogP contribution is -2.06. The molecule has 1 unspecified atom stereocenters. The lowest BCUT2D eigenvalue weighted by molar-refractivity contribution is 0.141. The zero-order valence-corrected chi connectivity index (χ0v) is 10.3. The standard InChI is InChI=1S/C14H21FO/c1-4-11(5-2)8-14(16)12-7-6-10(3)13(15)9-12/h6-7,9,11,14,16H,4-5,8H2,1-3H3. The quantitative estimate of drug-likeness (QED) is 0.801. The van der Waals surface area contributed by atoms with Gasteiger partial charge in [-0.3, -0.25) is 0 Å². The van der Waals surface area contributed by atoms with E-state index in [2.05, 4.69) is 13.8 Å². The monoisotopic (exact) mass is 224 g/mol. The Labute approximate surface area is 97.3 Å². The molecule has 1 rings (SSSR count). The Morgan fingerprint density at radius 2 is 1.88 bits per heavy atom. The Balaban J connectivity index is 2.72. The highest BCUT2D eigenvalue weighted by Gasteiger charge is 2.14. The fourth-order valence-electron chi connectivity index (χ4n) is 1.89. The van der Waals surface area contributed by atoms with Gasteiger partial charge in [0.1, 0.15) is 5.82 Å². The first-order valence-electron chi connectivity index (χ1n) is 6.02. The summed E-state index contributed by atoms with van der Waals surface area (Å²) in [4.78, 5) is 0. The van der Waals surface area contributed by atoms with E-state index < -0.39 is 6.10 Å². The molecule has 0 aliphatic carbocycles. The van der Waals surface area contributed by atoms with Crippen LogP contribution in [0.5, 0.6) is 0 Å². The first-order chi connectivity index (χ1) is 7.58. The number of hydrogen-bond acceptors (Lipinski definition) is 1. The summed E-state index contributed by atoms with van der Waals surface area (Å²) in [6.07, 6.45) is 2.29. The number of aryl methyl sites for hydroxylation is 1. The molecule has 0 aliphatic heterocycles. The Morgan fingerprint density at radius 1 is 1.25 bits per heavy atom. The van der Waals surface area contributed by atoms with Crippen LogP contribution >= 0.6 is 0 Å². The van der Waals surface area contributed by atoms with E-state index in [0.29, 0.717) is 17.0 Å². The predicted molar refractivity (Wildman–Crippen MR) is 64.8 cm³/mol. The van der Waals surface area contributed by atoms with Crippen LogP contribution in [0.15, 0.2) is 18.2 Å². The third-order valence-corrected chi connectivity index (χ3v) is 3.29. The third-order valence-electron chi connectivity index (χ3n) is 3.29. The molecule has 0 amide bonds. The van der Waals surface area contributed by atoms with Crippen molar-refractivity contribution in [3.05, 3.63) is 35.1 Å². The maximum atomic E-state index is 13.3. The van der Waals surface area contributed by atoms with E-state index in [4.69, 9.17) is 0 Å². The van der Waals surface area contributed by atoms with E-state index in [0.717, 1.165) is 19.3 Å². The van der Waals surface area contributed by atoms with Gasteiger partial charge in [0.15, 0.2) is 0 Å². The second kappa shape index (κ2) is 6.00. The highest BCUT2D eigenvalue weighted by atomic mass is 19.1. The van der Waals surface area contributed by atoms with E-state index >= 15 is 0 Å². The molecule has 1 aromatic rings. The summed E-state index contributed by atoms with van der Waals surface area (Å²) in [6, 6.07) is 4.98. The van der Waals surface area contributed by atoms with Crippen molar-refractivity contribution in [3.63, 3.8) is 0 Å². The third kappa shape index (κ3) is 3.31. The summed E-state index contributed by atoms with van der Waals surface area (Å²) in [5.41, 5.74) is 1.31. The summed E-state index contributed by atoms with van der Waals surface area (Å²) in [5.74, 6) is 0.278. The van der Waals surface area contributed by atoms with Gasteiger partial charge in [-0.15, -0.1) is 0 Å². The molecule has 1 N–H and O–H groups in total. The van der Waals surface area contributed by atoms with Crippen LogP contribution in [-0.2, 0) is 0 Å². The molecule has 1 aromatic carbocycles. The predicted octanol–water partition coefficient (Wildman–Crippen LogP) is 3.99. The molecular formula is C14H21FO. The number of hydrogen-bond donors (Lipinski definition) is 1. The van der Waals surface area contributed by atoms with Gasteiger partial charge in [-0.25, -0.2) is 4.39 Å². The molecule has 0 spiro atoms. The molecule has 0 aromatic heterocycles. The van der Waals surface area contributed by atoms with Crippen molar-refractivity contribution in [1.29, 1.82) is 0 Å². The molecule has 2 heteroatoms. The molecular weight excluding hydrogens is 203 g/mol. The zero-order chi connectivity index (χ0) is 12.1. The molecule has 0 saturated carbocycles. The molecule has 0 heterocycles. The Hall–Kier alpha value is -0.890. The molecule has 0 bridgehead atoms. The minimum Gasteiger partial charge on any atom is -0.388 e. The molecule has 0 radical (unpaired) electrons. The van der Waals surface area contributed by atoms with Crippen molar-refractivity contribution >= 4 is 0 Å². The fourth-order valence-corrected chi connectivity index (χ4v) is 1.89. The Bertz CT molecular complexity index is 332. The maximum Gasteiger partial charge on any atom is 0.126 e. The van der Waals surface area contributed by atoms with Gasteiger partial charge in [0.05, 0.1) is 6.10 Å². The van der Waals surface area contributed by atoms with Crippen LogP contribution in [0.2, 0.25) is 0 Å². The van der Waals surface area contributed by atoms with E-state index in [1.54, 1.807) is 13.0 Å². The first-order valence-corrected chi connectivity index (χ1v) is 6.02. The van der Waals surface area contributed by atoms with Gasteiger partial charge in [-0.05, 0) is 36.5 Å². The van der Waals surface area contributed by atoms with Crippen LogP contribution in [0.4, 0.5) is 4.39 Å². The minimum atomic E-state index is -0.542. The average molecular weight is 224 g/mol. The number of benzene rings is 1. The minimum absolute atomic E-state index is 0.235. The summed E-state index contributed by atoms with van der Waals surface area (Å²) >= 11 is 0. The second-order valence-electron chi connectivity index (χ2n) is 4.44. The van der Waals surface area contributed by atoms with E-state index in [1.807, 2.05) is 6.07 Å². The van der Waals surface area contributed by atoms with Crippen LogP contribution in [-0.4, -0.2) is 5.11 Å². The summed E-state index contributed by atoms with van der Waals surface area (Å²) in [7, 11) is 0. The topological polar surface area (TPSA) is 20.2 Å². The molecule has 1 nitrogen and oxygen atoms in total. The smallest absolute Gasteiger partial charge is 0.126 e. The van der Waals surface area contributed by atoms with Crippen LogP contribution in [0.1, 0.15) is 50.3 Å². The number of halogens is 1. The van der Waals surface area contributed by atoms with E-state index in [1.165, 1.54) is 6.07 Å². The number of aliphatic hydroxyl groups is 1. The SMILES string of the molecule is CCC(CC)CC(O)c1ccc(C)c(F)c1. The average Bonchev–Trinajstić information content (AvgIpc) is 2.29. The van der Waals surface area contributed by atoms with Crippen molar-refractivity contribution < 1.29 is 9.50 Å². The molecule has 16 heavy (non-hydrogen) atoms. The van der Waals surface area contributed by atoms with Gasteiger partial charge in [0.2, 0.25) is 0 Å². The van der Waals surface area contributed by atoms with Gasteiger partial charge in [-0.2, -0.15) is 0 Å². The van der Waals surface area contributed by atoms with Crippen LogP contribution in [0.3, 0.4) is 0 Å². The van der Waals surface area contributed by atoms with Crippen molar-refractivity contribution in [3.8, 4) is 0 Å². The highest BCUT2D eigenvalue weighted by molar-refractivity contribution is 5.24. The summed E-state index contributed by atoms with van der Waals surface area (Å²) < 4.78 is 13.3. The van der Waals surface area contributed by atoms with Crippen molar-refractivity contribution in [2.24, 2.45) is 5.92 Å². The van der Waals surface area contributed by atoms with E-state index in [-0.39, 0.29) is 5.82 Å². The Kier molecular flexibility index (Phi) is 4.94. The molecule has 1 atom stereocenters. The van der Waals surface area contributed by atoms with Gasteiger partial charge in [0, 0.05) is 0 Å². The van der Waals surface area contributed by atoms with E-state index in [9.17, 15) is 9.50 Å². The molecule has 0 fully saturated rings. The fraction of sp³-hybridized carbons (Fsp3) is 0.571. The highest BCUT2D eigenvalue weighted by Crippen LogP contribution is 2.26. The number of rotatable bonds is 5. The van der Waals surface area contributed by atoms with Crippen molar-refractivity contribution in [1.82, 2.24) is 0 Å². The Morgan fingerprint density at radius 3 is 2.38 bits per heavy atom. The van der Waals surface area contributed by atoms with Crippen molar-refractivity contribution in [2.45, 2.75) is 46.1 Å². The lowest BCUT2D eigenvalue weighted by atomic mass is 9.92. The van der Waals surface area contributed by atoms with Gasteiger partial charge in [0.25, 0.3) is 0 Å². The van der Waals surface area contributed by atoms with Gasteiger partial charge < -0.3 is 5.11 Å². The largest absolute Gasteiger partial charge is 0.388 e. The van der Waals surface area contributed by atoms with Crippen LogP contribution in [0.25, 0.3) is 0 Å². The maximum absolute atomic E-state index is 13.3. The summed E-state index contributed by atoms with van der Waals surface area (Å²) in [5, 5.41) is 10.0. The van der Waals surface area contributed by atoms with Crippen LogP contribution < -0.4 is 0 Å².